The van der Waals surface area contributed by atoms with Crippen LogP contribution in [0.3, 0.4) is 0 Å². The summed E-state index contributed by atoms with van der Waals surface area (Å²) in [5, 5.41) is 11.0. The number of hydrogen-bond donors (Lipinski definition) is 1. The molecule has 9 amide bonds. The van der Waals surface area contributed by atoms with E-state index >= 15 is 0 Å². The van der Waals surface area contributed by atoms with Gasteiger partial charge in [-0.2, -0.15) is 0 Å². The lowest BCUT2D eigenvalue weighted by Crippen LogP contribution is -2.59. The maximum atomic E-state index is 13.7. The molecule has 21 nitrogen and oxygen atoms in total. The normalized spacial score (nSPS) is 30.9. The summed E-state index contributed by atoms with van der Waals surface area (Å²) >= 11 is 0. The first-order chi connectivity index (χ1) is 29.2. The summed E-state index contributed by atoms with van der Waals surface area (Å²) < 4.78 is 0. The Morgan fingerprint density at radius 3 is 0.797 bits per heavy atom. The second kappa shape index (κ2) is 22.9. The largest absolute Gasteiger partial charge is 0.494 e. The van der Waals surface area contributed by atoms with Crippen LogP contribution in [0.25, 0.3) is 0 Å². The van der Waals surface area contributed by atoms with Crippen molar-refractivity contribution >= 4 is 53.2 Å². The molecule has 1 heterocycles. The number of amides is 9. The molecule has 0 spiro atoms. The zero-order valence-corrected chi connectivity index (χ0v) is 42.1. The van der Waals surface area contributed by atoms with Crippen molar-refractivity contribution in [1.82, 2.24) is 53.9 Å². The van der Waals surface area contributed by atoms with Crippen molar-refractivity contribution in [2.75, 3.05) is 84.1 Å². The van der Waals surface area contributed by atoms with Gasteiger partial charge in [0.05, 0.1) is 12.2 Å². The number of carbonyl (C=O) groups is 9. The van der Waals surface area contributed by atoms with Crippen LogP contribution in [0.1, 0.15) is 69.2 Å². The summed E-state index contributed by atoms with van der Waals surface area (Å²) in [5.74, 6) is -5.23. The average molecular weight is 908 g/mol. The van der Waals surface area contributed by atoms with Crippen LogP contribution < -0.4 is 0 Å². The molecule has 1 N–H and O–H groups in total. The molecule has 0 saturated carbocycles. The van der Waals surface area contributed by atoms with Crippen LogP contribution in [0, 0.1) is 0 Å². The molecule has 0 aromatic rings. The number of likely N-dealkylation sites (N-methyl/N-ethyl adjacent to an activating group) is 11. The Balaban J connectivity index is 3.67. The molecule has 0 bridgehead atoms. The van der Waals surface area contributed by atoms with Crippen molar-refractivity contribution < 1.29 is 48.3 Å². The molecule has 0 aromatic carbocycles. The van der Waals surface area contributed by atoms with Gasteiger partial charge in [0.1, 0.15) is 48.3 Å². The number of aliphatic hydroxyl groups excluding tert-OH is 1. The molecule has 0 aromatic heterocycles. The molecular formula is C43H77N11O10. The summed E-state index contributed by atoms with van der Waals surface area (Å²) in [6.07, 6.45) is 1.13. The molecule has 10 atom stereocenters. The van der Waals surface area contributed by atoms with E-state index in [1.165, 1.54) is 139 Å². The molecular weight excluding hydrogens is 831 g/mol. The minimum atomic E-state index is -1.09. The summed E-state index contributed by atoms with van der Waals surface area (Å²) in [4.78, 5) is 137. The SMILES string of the molecule is CC1C(=O)N(C)[C@H](C)C(=O)N(C)C=C(O)N(C)[C@@H](C)C(=O)N(C)[C@H](C)CN(C)[C@H](C)C(=O)N(C)[C@H](C)C(=O)N(C)[C@@H](C)C(=O)N(C)[C@H](C)C(=O)N(C)[C@H](C)C(=O)N(C)[C@H](C)C(=O)N1C. The van der Waals surface area contributed by atoms with Crippen molar-refractivity contribution in [3.63, 3.8) is 0 Å². The fraction of sp³-hybridized carbons (Fsp3) is 0.744. The lowest BCUT2D eigenvalue weighted by molar-refractivity contribution is -0.155. The van der Waals surface area contributed by atoms with Gasteiger partial charge in [0.25, 0.3) is 0 Å². The van der Waals surface area contributed by atoms with Gasteiger partial charge in [-0.1, -0.05) is 0 Å². The standard InChI is InChI=1S/C43H77N11O10/c1-24-22-44(11)25(2)36(57)49(16)28(5)39(60)51(18)30(7)41(62)53(20)32(9)43(64)54(21)33(10)42(63)52(19)31(8)40(61)50(17)29(6)38(59)48(15)26(3)35(56)45(12)23-34(55)47(14)27(4)37(58)46(24)13/h23-33,55H,22H2,1-21H3/t24-,25-,26-,27+,28-,29?,30+,31-,32-,33-/m1/s1. The van der Waals surface area contributed by atoms with Crippen molar-refractivity contribution in [2.24, 2.45) is 0 Å². The number of rotatable bonds is 0. The Morgan fingerprint density at radius 2 is 0.531 bits per heavy atom. The Bertz CT molecular complexity index is 1800. The second-order valence-corrected chi connectivity index (χ2v) is 17.5. The zero-order chi connectivity index (χ0) is 50.3. The predicted molar refractivity (Wildman–Crippen MR) is 241 cm³/mol. The van der Waals surface area contributed by atoms with Crippen molar-refractivity contribution in [2.45, 2.75) is 130 Å². The number of aliphatic hydroxyl groups is 1. The van der Waals surface area contributed by atoms with Gasteiger partial charge in [-0.15, -0.1) is 0 Å². The highest BCUT2D eigenvalue weighted by atomic mass is 16.3. The first kappa shape index (κ1) is 56.5. The number of hydrogen-bond acceptors (Lipinski definition) is 12. The molecule has 364 valence electrons. The van der Waals surface area contributed by atoms with E-state index in [2.05, 4.69) is 0 Å². The molecule has 64 heavy (non-hydrogen) atoms. The minimum Gasteiger partial charge on any atom is -0.494 e. The van der Waals surface area contributed by atoms with E-state index < -0.39 is 108 Å². The Morgan fingerprint density at radius 1 is 0.328 bits per heavy atom. The van der Waals surface area contributed by atoms with E-state index in [9.17, 15) is 48.3 Å². The quantitative estimate of drug-likeness (QED) is 0.318. The van der Waals surface area contributed by atoms with Gasteiger partial charge in [-0.05, 0) is 76.3 Å². The van der Waals surface area contributed by atoms with Gasteiger partial charge in [0.2, 0.25) is 59.0 Å². The minimum absolute atomic E-state index is 0.250. The average Bonchev–Trinajstić information content (AvgIpc) is 3.28. The monoisotopic (exact) mass is 908 g/mol. The van der Waals surface area contributed by atoms with E-state index in [-0.39, 0.29) is 18.4 Å². The van der Waals surface area contributed by atoms with E-state index in [4.69, 9.17) is 0 Å². The third-order valence-electron chi connectivity index (χ3n) is 13.5. The van der Waals surface area contributed by atoms with Gasteiger partial charge >= 0.3 is 0 Å². The number of nitrogens with zero attached hydrogens (tertiary/aromatic N) is 11. The van der Waals surface area contributed by atoms with Gasteiger partial charge in [-0.3, -0.25) is 48.1 Å². The first-order valence-corrected chi connectivity index (χ1v) is 21.4. The molecule has 1 aliphatic rings. The van der Waals surface area contributed by atoms with Crippen LogP contribution in [0.2, 0.25) is 0 Å². The maximum Gasteiger partial charge on any atom is 0.248 e. The van der Waals surface area contributed by atoms with Crippen LogP contribution in [-0.4, -0.2) is 257 Å². The van der Waals surface area contributed by atoms with E-state index in [1.54, 1.807) is 46.7 Å². The van der Waals surface area contributed by atoms with Gasteiger partial charge in [0.15, 0.2) is 0 Å². The van der Waals surface area contributed by atoms with Crippen LogP contribution in [0.15, 0.2) is 12.1 Å². The first-order valence-electron chi connectivity index (χ1n) is 21.4. The van der Waals surface area contributed by atoms with Gasteiger partial charge in [-0.25, -0.2) is 0 Å². The highest BCUT2D eigenvalue weighted by molar-refractivity contribution is 5.97. The molecule has 0 saturated heterocycles. The molecule has 1 unspecified atom stereocenters. The van der Waals surface area contributed by atoms with E-state index in [0.717, 1.165) is 20.9 Å². The fourth-order valence-corrected chi connectivity index (χ4v) is 6.94. The summed E-state index contributed by atoms with van der Waals surface area (Å²) in [5.41, 5.74) is 0. The van der Waals surface area contributed by atoms with Crippen LogP contribution in [0.5, 0.6) is 0 Å². The van der Waals surface area contributed by atoms with Gasteiger partial charge in [0, 0.05) is 83.1 Å². The second-order valence-electron chi connectivity index (χ2n) is 17.5. The van der Waals surface area contributed by atoms with Crippen LogP contribution in [-0.2, 0) is 43.2 Å². The molecule has 1 aliphatic heterocycles. The summed E-state index contributed by atoms with van der Waals surface area (Å²) in [6.45, 7) is 15.8. The molecule has 0 fully saturated rings. The Labute approximate surface area is 380 Å². The Kier molecular flexibility index (Phi) is 20.3. The molecule has 0 aliphatic carbocycles. The third kappa shape index (κ3) is 12.4. The van der Waals surface area contributed by atoms with Gasteiger partial charge < -0.3 is 54.1 Å². The highest BCUT2D eigenvalue weighted by Gasteiger charge is 2.39. The zero-order valence-electron chi connectivity index (χ0n) is 42.1. The topological polar surface area (TPSA) is 210 Å². The maximum absolute atomic E-state index is 13.7. The molecule has 1 rings (SSSR count). The van der Waals surface area contributed by atoms with Crippen LogP contribution in [0.4, 0.5) is 0 Å². The molecule has 21 heteroatoms. The van der Waals surface area contributed by atoms with Crippen molar-refractivity contribution in [1.29, 1.82) is 0 Å². The van der Waals surface area contributed by atoms with E-state index in [0.29, 0.717) is 0 Å². The Hall–Kier alpha value is -5.47. The van der Waals surface area contributed by atoms with Crippen LogP contribution >= 0.6 is 0 Å². The lowest BCUT2D eigenvalue weighted by Gasteiger charge is -2.38. The molecule has 0 radical (unpaired) electrons. The third-order valence-corrected chi connectivity index (χ3v) is 13.5. The summed E-state index contributed by atoms with van der Waals surface area (Å²) in [6, 6.07) is -9.50. The van der Waals surface area contributed by atoms with Crippen molar-refractivity contribution in [3.05, 3.63) is 12.1 Å². The lowest BCUT2D eigenvalue weighted by atomic mass is 10.1. The predicted octanol–water partition coefficient (Wildman–Crippen LogP) is -0.769. The highest BCUT2D eigenvalue weighted by Crippen LogP contribution is 2.17. The van der Waals surface area contributed by atoms with E-state index in [1.807, 2.05) is 0 Å². The number of carbonyl (C=O) groups excluding carboxylic acids is 9. The van der Waals surface area contributed by atoms with Crippen molar-refractivity contribution in [3.8, 4) is 0 Å². The smallest absolute Gasteiger partial charge is 0.248 e. The fourth-order valence-electron chi connectivity index (χ4n) is 6.94. The summed E-state index contributed by atoms with van der Waals surface area (Å²) in [7, 11) is 16.1.